The molecule has 2 aliphatic heterocycles. The van der Waals surface area contributed by atoms with Crippen LogP contribution < -0.4 is 5.32 Å². The van der Waals surface area contributed by atoms with Crippen LogP contribution in [-0.2, 0) is 23.2 Å². The fourth-order valence-corrected chi connectivity index (χ4v) is 5.07. The molecule has 1 saturated heterocycles. The van der Waals surface area contributed by atoms with Crippen LogP contribution in [0.1, 0.15) is 25.0 Å². The predicted octanol–water partition coefficient (Wildman–Crippen LogP) is 0.972. The number of hydrogen-bond acceptors (Lipinski definition) is 3. The normalized spacial score (nSPS) is 28.3. The monoisotopic (exact) mass is 309 g/mol. The van der Waals surface area contributed by atoms with Crippen LogP contribution >= 0.6 is 0 Å². The Balaban J connectivity index is 1.80. The molecule has 2 heterocycles. The van der Waals surface area contributed by atoms with E-state index < -0.39 is 10.2 Å². The third-order valence-corrected chi connectivity index (χ3v) is 6.19. The Kier molecular flexibility index (Phi) is 4.05. The second kappa shape index (κ2) is 5.68. The number of nitrogens with one attached hydrogen (secondary N) is 1. The van der Waals surface area contributed by atoms with Crippen molar-refractivity contribution < 1.29 is 8.42 Å². The molecule has 6 heteroatoms. The van der Waals surface area contributed by atoms with E-state index in [1.54, 1.807) is 8.61 Å². The molecule has 2 atom stereocenters. The molecule has 2 unspecified atom stereocenters. The molecule has 0 saturated carbocycles. The minimum atomic E-state index is -3.37. The van der Waals surface area contributed by atoms with E-state index in [1.807, 2.05) is 32.0 Å². The molecule has 0 spiro atoms. The summed E-state index contributed by atoms with van der Waals surface area (Å²) in [5.41, 5.74) is 2.40. The van der Waals surface area contributed by atoms with Crippen LogP contribution in [-0.4, -0.2) is 48.7 Å². The number of nitrogens with zero attached hydrogens (tertiary/aromatic N) is 2. The van der Waals surface area contributed by atoms with E-state index in [9.17, 15) is 8.42 Å². The lowest BCUT2D eigenvalue weighted by molar-refractivity contribution is 0.240. The quantitative estimate of drug-likeness (QED) is 0.886. The van der Waals surface area contributed by atoms with E-state index in [2.05, 4.69) is 11.4 Å². The van der Waals surface area contributed by atoms with Crippen molar-refractivity contribution in [2.75, 3.05) is 19.6 Å². The average Bonchev–Trinajstić information content (AvgIpc) is 2.45. The van der Waals surface area contributed by atoms with E-state index in [4.69, 9.17) is 0 Å². The zero-order valence-corrected chi connectivity index (χ0v) is 13.4. The van der Waals surface area contributed by atoms with Gasteiger partial charge >= 0.3 is 0 Å². The molecule has 1 N–H and O–H groups in total. The molecule has 0 radical (unpaired) electrons. The lowest BCUT2D eigenvalue weighted by Crippen LogP contribution is -2.58. The fraction of sp³-hybridized carbons (Fsp3) is 0.600. The lowest BCUT2D eigenvalue weighted by Gasteiger charge is -2.39. The van der Waals surface area contributed by atoms with Gasteiger partial charge in [-0.15, -0.1) is 0 Å². The number of fused-ring (bicyclic) bond motifs is 1. The molecular formula is C15H23N3O2S. The van der Waals surface area contributed by atoms with Crippen molar-refractivity contribution in [1.82, 2.24) is 13.9 Å². The van der Waals surface area contributed by atoms with E-state index in [0.29, 0.717) is 26.2 Å². The van der Waals surface area contributed by atoms with E-state index in [1.165, 1.54) is 5.56 Å². The Morgan fingerprint density at radius 3 is 2.33 bits per heavy atom. The standard InChI is InChI=1S/C15H23N3O2S/c1-12-9-18(10-13(2)16-12)21(19,20)17-8-7-14-5-3-4-6-15(14)11-17/h3-6,12-13,16H,7-11H2,1-2H3. The Morgan fingerprint density at radius 2 is 1.67 bits per heavy atom. The van der Waals surface area contributed by atoms with Gasteiger partial charge in [0.2, 0.25) is 0 Å². The van der Waals surface area contributed by atoms with Gasteiger partial charge in [0.15, 0.2) is 0 Å². The number of hydrogen-bond donors (Lipinski definition) is 1. The highest BCUT2D eigenvalue weighted by atomic mass is 32.2. The molecular weight excluding hydrogens is 286 g/mol. The van der Waals surface area contributed by atoms with E-state index in [-0.39, 0.29) is 12.1 Å². The van der Waals surface area contributed by atoms with Crippen LogP contribution in [0.15, 0.2) is 24.3 Å². The van der Waals surface area contributed by atoms with Crippen LogP contribution in [0.4, 0.5) is 0 Å². The van der Waals surface area contributed by atoms with Crippen molar-refractivity contribution in [3.05, 3.63) is 35.4 Å². The molecule has 0 aromatic heterocycles. The highest BCUT2D eigenvalue weighted by Gasteiger charge is 2.35. The first-order valence-corrected chi connectivity index (χ1v) is 8.94. The van der Waals surface area contributed by atoms with Crippen LogP contribution in [0.5, 0.6) is 0 Å². The summed E-state index contributed by atoms with van der Waals surface area (Å²) in [6.45, 7) is 6.22. The third kappa shape index (κ3) is 2.99. The van der Waals surface area contributed by atoms with Crippen LogP contribution in [0.3, 0.4) is 0 Å². The Labute approximate surface area is 127 Å². The minimum Gasteiger partial charge on any atom is -0.309 e. The molecule has 21 heavy (non-hydrogen) atoms. The summed E-state index contributed by atoms with van der Waals surface area (Å²) in [6.07, 6.45) is 0.798. The predicted molar refractivity (Wildman–Crippen MR) is 83.1 cm³/mol. The molecule has 5 nitrogen and oxygen atoms in total. The van der Waals surface area contributed by atoms with Crippen molar-refractivity contribution >= 4 is 10.2 Å². The van der Waals surface area contributed by atoms with Gasteiger partial charge in [-0.2, -0.15) is 17.0 Å². The zero-order chi connectivity index (χ0) is 15.0. The summed E-state index contributed by atoms with van der Waals surface area (Å²) in [7, 11) is -3.37. The van der Waals surface area contributed by atoms with Crippen molar-refractivity contribution in [3.63, 3.8) is 0 Å². The van der Waals surface area contributed by atoms with Gasteiger partial charge in [0, 0.05) is 38.3 Å². The summed E-state index contributed by atoms with van der Waals surface area (Å²) < 4.78 is 29.0. The summed E-state index contributed by atoms with van der Waals surface area (Å²) in [6, 6.07) is 8.50. The largest absolute Gasteiger partial charge is 0.309 e. The summed E-state index contributed by atoms with van der Waals surface area (Å²) in [4.78, 5) is 0. The fourth-order valence-electron chi connectivity index (χ4n) is 3.30. The van der Waals surface area contributed by atoms with Crippen molar-refractivity contribution in [1.29, 1.82) is 0 Å². The maximum Gasteiger partial charge on any atom is 0.282 e. The lowest BCUT2D eigenvalue weighted by atomic mass is 10.0. The Hall–Kier alpha value is -0.950. The smallest absolute Gasteiger partial charge is 0.282 e. The highest BCUT2D eigenvalue weighted by molar-refractivity contribution is 7.86. The number of rotatable bonds is 2. The maximum atomic E-state index is 12.9. The first-order valence-electron chi connectivity index (χ1n) is 7.55. The minimum absolute atomic E-state index is 0.195. The maximum absolute atomic E-state index is 12.9. The van der Waals surface area contributed by atoms with Gasteiger partial charge in [0.1, 0.15) is 0 Å². The second-order valence-corrected chi connectivity index (χ2v) is 8.07. The van der Waals surface area contributed by atoms with Crippen molar-refractivity contribution in [3.8, 4) is 0 Å². The molecule has 3 rings (SSSR count). The third-order valence-electron chi connectivity index (χ3n) is 4.27. The number of piperazine rings is 1. The van der Waals surface area contributed by atoms with Gasteiger partial charge in [-0.3, -0.25) is 0 Å². The van der Waals surface area contributed by atoms with E-state index >= 15 is 0 Å². The molecule has 1 aromatic rings. The summed E-state index contributed by atoms with van der Waals surface area (Å²) >= 11 is 0. The zero-order valence-electron chi connectivity index (χ0n) is 12.6. The van der Waals surface area contributed by atoms with Gasteiger partial charge in [-0.05, 0) is 31.4 Å². The average molecular weight is 309 g/mol. The first-order chi connectivity index (χ1) is 9.96. The summed E-state index contributed by atoms with van der Waals surface area (Å²) in [5.74, 6) is 0. The van der Waals surface area contributed by atoms with E-state index in [0.717, 1.165) is 12.0 Å². The van der Waals surface area contributed by atoms with Gasteiger partial charge in [0.25, 0.3) is 10.2 Å². The molecule has 0 aliphatic carbocycles. The Morgan fingerprint density at radius 1 is 1.05 bits per heavy atom. The van der Waals surface area contributed by atoms with Crippen molar-refractivity contribution in [2.24, 2.45) is 0 Å². The van der Waals surface area contributed by atoms with Gasteiger partial charge < -0.3 is 5.32 Å². The highest BCUT2D eigenvalue weighted by Crippen LogP contribution is 2.23. The molecule has 1 fully saturated rings. The van der Waals surface area contributed by atoms with Gasteiger partial charge in [-0.1, -0.05) is 24.3 Å². The molecule has 2 aliphatic rings. The van der Waals surface area contributed by atoms with Crippen LogP contribution in [0.2, 0.25) is 0 Å². The summed E-state index contributed by atoms with van der Waals surface area (Å²) in [5, 5.41) is 3.38. The molecule has 0 bridgehead atoms. The topological polar surface area (TPSA) is 52.7 Å². The van der Waals surface area contributed by atoms with Crippen LogP contribution in [0.25, 0.3) is 0 Å². The van der Waals surface area contributed by atoms with Crippen LogP contribution in [0, 0.1) is 0 Å². The molecule has 1 aromatic carbocycles. The molecule has 0 amide bonds. The molecule has 116 valence electrons. The number of benzene rings is 1. The SMILES string of the molecule is CC1CN(S(=O)(=O)N2CCc3ccccc3C2)CC(C)N1. The second-order valence-electron chi connectivity index (χ2n) is 6.15. The van der Waals surface area contributed by atoms with Gasteiger partial charge in [-0.25, -0.2) is 0 Å². The van der Waals surface area contributed by atoms with Crippen molar-refractivity contribution in [2.45, 2.75) is 38.9 Å². The van der Waals surface area contributed by atoms with Gasteiger partial charge in [0.05, 0.1) is 0 Å². The Bertz CT molecular complexity index is 607. The first kappa shape index (κ1) is 15.0.